The quantitative estimate of drug-likeness (QED) is 0.899. The minimum absolute atomic E-state index is 0.135. The summed E-state index contributed by atoms with van der Waals surface area (Å²) < 4.78 is 5.35. The number of nitrogens with zero attached hydrogens (tertiary/aromatic N) is 3. The van der Waals surface area contributed by atoms with E-state index in [2.05, 4.69) is 11.1 Å². The van der Waals surface area contributed by atoms with E-state index in [1.165, 1.54) is 0 Å². The van der Waals surface area contributed by atoms with Crippen molar-refractivity contribution in [2.24, 2.45) is 0 Å². The highest BCUT2D eigenvalue weighted by Crippen LogP contribution is 2.36. The Bertz CT molecular complexity index is 931. The van der Waals surface area contributed by atoms with Gasteiger partial charge in [0.2, 0.25) is 5.91 Å². The molecule has 140 valence electrons. The van der Waals surface area contributed by atoms with Crippen LogP contribution in [0.15, 0.2) is 18.2 Å². The number of carbonyl (C=O) groups excluding carboxylic acids is 1. The van der Waals surface area contributed by atoms with Gasteiger partial charge in [0, 0.05) is 37.1 Å². The molecule has 1 aliphatic heterocycles. The highest BCUT2D eigenvalue weighted by Gasteiger charge is 2.27. The van der Waals surface area contributed by atoms with E-state index in [1.807, 2.05) is 36.9 Å². The number of anilines is 1. The summed E-state index contributed by atoms with van der Waals surface area (Å²) in [4.78, 5) is 18.7. The first-order valence-electron chi connectivity index (χ1n) is 9.14. The number of benzene rings is 1. The number of nitrogen functional groups attached to an aromatic ring is 1. The molecule has 0 radical (unpaired) electrons. The van der Waals surface area contributed by atoms with Crippen LogP contribution in [0.1, 0.15) is 42.1 Å². The Kier molecular flexibility index (Phi) is 5.31. The maximum Gasteiger partial charge on any atom is 0.222 e. The zero-order valence-corrected chi connectivity index (χ0v) is 16.0. The van der Waals surface area contributed by atoms with Crippen molar-refractivity contribution in [3.63, 3.8) is 0 Å². The van der Waals surface area contributed by atoms with Gasteiger partial charge in [0.25, 0.3) is 0 Å². The summed E-state index contributed by atoms with van der Waals surface area (Å²) in [5, 5.41) is 9.72. The van der Waals surface area contributed by atoms with Crippen LogP contribution in [0.4, 0.5) is 5.82 Å². The molecule has 1 aromatic carbocycles. The van der Waals surface area contributed by atoms with Crippen molar-refractivity contribution >= 4 is 11.7 Å². The fourth-order valence-corrected chi connectivity index (χ4v) is 3.63. The predicted molar refractivity (Wildman–Crippen MR) is 104 cm³/mol. The summed E-state index contributed by atoms with van der Waals surface area (Å²) in [7, 11) is 1.63. The van der Waals surface area contributed by atoms with E-state index in [0.29, 0.717) is 31.5 Å². The van der Waals surface area contributed by atoms with Gasteiger partial charge in [-0.3, -0.25) is 4.79 Å². The van der Waals surface area contributed by atoms with E-state index in [-0.39, 0.29) is 11.7 Å². The lowest BCUT2D eigenvalue weighted by Crippen LogP contribution is -2.36. The number of nitriles is 1. The number of ether oxygens (including phenoxy) is 1. The molecular formula is C21H24N4O2. The Hall–Kier alpha value is -3.07. The van der Waals surface area contributed by atoms with Gasteiger partial charge in [0.05, 0.1) is 12.8 Å². The Morgan fingerprint density at radius 3 is 2.85 bits per heavy atom. The van der Waals surface area contributed by atoms with Crippen LogP contribution in [-0.4, -0.2) is 29.4 Å². The molecule has 6 heteroatoms. The summed E-state index contributed by atoms with van der Waals surface area (Å²) in [6.45, 7) is 5.04. The molecule has 1 amide bonds. The molecule has 0 unspecified atom stereocenters. The third kappa shape index (κ3) is 3.45. The molecule has 3 rings (SSSR count). The molecule has 1 aromatic heterocycles. The second kappa shape index (κ2) is 7.67. The van der Waals surface area contributed by atoms with Crippen LogP contribution in [0.5, 0.6) is 5.75 Å². The smallest absolute Gasteiger partial charge is 0.222 e. The maximum atomic E-state index is 12.4. The number of fused-ring (bicyclic) bond motifs is 1. The van der Waals surface area contributed by atoms with E-state index in [9.17, 15) is 10.1 Å². The molecule has 2 aromatic rings. The lowest BCUT2D eigenvalue weighted by molar-refractivity contribution is -0.132. The number of pyridine rings is 1. The Morgan fingerprint density at radius 2 is 2.22 bits per heavy atom. The highest BCUT2D eigenvalue weighted by atomic mass is 16.5. The molecule has 0 saturated carbocycles. The molecule has 6 nitrogen and oxygen atoms in total. The second-order valence-electron chi connectivity index (χ2n) is 6.78. The van der Waals surface area contributed by atoms with Gasteiger partial charge >= 0.3 is 0 Å². The average molecular weight is 364 g/mol. The highest BCUT2D eigenvalue weighted by molar-refractivity contribution is 5.82. The fourth-order valence-electron chi connectivity index (χ4n) is 3.63. The molecule has 0 saturated heterocycles. The maximum absolute atomic E-state index is 12.4. The zero-order chi connectivity index (χ0) is 19.6. The van der Waals surface area contributed by atoms with Gasteiger partial charge in [-0.1, -0.05) is 13.0 Å². The van der Waals surface area contributed by atoms with Crippen molar-refractivity contribution in [2.45, 2.75) is 39.7 Å². The van der Waals surface area contributed by atoms with Crippen molar-refractivity contribution in [1.82, 2.24) is 9.88 Å². The van der Waals surface area contributed by atoms with Crippen molar-refractivity contribution in [2.75, 3.05) is 19.4 Å². The van der Waals surface area contributed by atoms with Crippen molar-refractivity contribution < 1.29 is 9.53 Å². The number of nitrogens with two attached hydrogens (primary N) is 1. The molecule has 0 aliphatic carbocycles. The van der Waals surface area contributed by atoms with Crippen LogP contribution < -0.4 is 10.5 Å². The van der Waals surface area contributed by atoms with Gasteiger partial charge in [-0.05, 0) is 36.6 Å². The summed E-state index contributed by atoms with van der Waals surface area (Å²) in [5.74, 6) is 1.16. The minimum Gasteiger partial charge on any atom is -0.496 e. The first-order valence-corrected chi connectivity index (χ1v) is 9.14. The van der Waals surface area contributed by atoms with Gasteiger partial charge < -0.3 is 15.4 Å². The van der Waals surface area contributed by atoms with Gasteiger partial charge in [-0.15, -0.1) is 0 Å². The first-order chi connectivity index (χ1) is 13.0. The Morgan fingerprint density at radius 1 is 1.44 bits per heavy atom. The van der Waals surface area contributed by atoms with Gasteiger partial charge in [-0.25, -0.2) is 4.98 Å². The zero-order valence-electron chi connectivity index (χ0n) is 16.0. The standard InChI is InChI=1S/C21H24N4O2/c1-4-5-19(26)25-9-8-17-16(12-25)20(15(11-22)21(23)24-17)14-6-7-18(27-3)13(2)10-14/h6-7,10H,4-5,8-9,12H2,1-3H3,(H2,23,24). The van der Waals surface area contributed by atoms with Crippen molar-refractivity contribution in [3.8, 4) is 22.9 Å². The molecule has 0 spiro atoms. The molecule has 2 N–H and O–H groups in total. The monoisotopic (exact) mass is 364 g/mol. The molecule has 0 fully saturated rings. The van der Waals surface area contributed by atoms with Crippen LogP contribution >= 0.6 is 0 Å². The minimum atomic E-state index is 0.135. The number of carbonyl (C=O) groups is 1. The number of aryl methyl sites for hydroxylation is 1. The lowest BCUT2D eigenvalue weighted by atomic mass is 9.90. The fraction of sp³-hybridized carbons (Fsp3) is 0.381. The van der Waals surface area contributed by atoms with Gasteiger partial charge in [0.1, 0.15) is 23.2 Å². The Balaban J connectivity index is 2.16. The number of rotatable bonds is 4. The van der Waals surface area contributed by atoms with E-state index in [4.69, 9.17) is 10.5 Å². The van der Waals surface area contributed by atoms with Crippen LogP contribution in [0.25, 0.3) is 11.1 Å². The normalized spacial score (nSPS) is 13.0. The lowest BCUT2D eigenvalue weighted by Gasteiger charge is -2.30. The number of hydrogen-bond acceptors (Lipinski definition) is 5. The first kappa shape index (κ1) is 18.7. The number of aromatic nitrogens is 1. The summed E-state index contributed by atoms with van der Waals surface area (Å²) >= 11 is 0. The Labute approximate surface area is 159 Å². The second-order valence-corrected chi connectivity index (χ2v) is 6.78. The van der Waals surface area contributed by atoms with E-state index in [0.717, 1.165) is 40.1 Å². The predicted octanol–water partition coefficient (Wildman–Crippen LogP) is 3.20. The number of methoxy groups -OCH3 is 1. The number of amides is 1. The van der Waals surface area contributed by atoms with Gasteiger partial charge in [0.15, 0.2) is 0 Å². The van der Waals surface area contributed by atoms with Crippen molar-refractivity contribution in [3.05, 3.63) is 40.6 Å². The molecular weight excluding hydrogens is 340 g/mol. The molecule has 0 bridgehead atoms. The molecule has 1 aliphatic rings. The van der Waals surface area contributed by atoms with E-state index >= 15 is 0 Å². The van der Waals surface area contributed by atoms with Crippen LogP contribution in [-0.2, 0) is 17.8 Å². The third-order valence-corrected chi connectivity index (χ3v) is 4.99. The van der Waals surface area contributed by atoms with Crippen molar-refractivity contribution in [1.29, 1.82) is 5.26 Å². The third-order valence-electron chi connectivity index (χ3n) is 4.99. The van der Waals surface area contributed by atoms with Crippen LogP contribution in [0, 0.1) is 18.3 Å². The van der Waals surface area contributed by atoms with Crippen LogP contribution in [0.2, 0.25) is 0 Å². The molecule has 0 atom stereocenters. The molecule has 2 heterocycles. The van der Waals surface area contributed by atoms with E-state index in [1.54, 1.807) is 7.11 Å². The number of hydrogen-bond donors (Lipinski definition) is 1. The molecule has 27 heavy (non-hydrogen) atoms. The van der Waals surface area contributed by atoms with Gasteiger partial charge in [-0.2, -0.15) is 5.26 Å². The SMILES string of the molecule is CCCC(=O)N1CCc2nc(N)c(C#N)c(-c3ccc(OC)c(C)c3)c2C1. The topological polar surface area (TPSA) is 92.2 Å². The average Bonchev–Trinajstić information content (AvgIpc) is 2.66. The summed E-state index contributed by atoms with van der Waals surface area (Å²) in [5.41, 5.74) is 10.9. The van der Waals surface area contributed by atoms with Crippen LogP contribution in [0.3, 0.4) is 0 Å². The summed E-state index contributed by atoms with van der Waals surface area (Å²) in [6.07, 6.45) is 1.98. The largest absolute Gasteiger partial charge is 0.496 e. The summed E-state index contributed by atoms with van der Waals surface area (Å²) in [6, 6.07) is 8.01. The van der Waals surface area contributed by atoms with E-state index < -0.39 is 0 Å².